The summed E-state index contributed by atoms with van der Waals surface area (Å²) < 4.78 is 18.5. The molecule has 0 aromatic carbocycles. The van der Waals surface area contributed by atoms with Crippen LogP contribution in [-0.2, 0) is 9.47 Å². The number of carbonyl (C=O) groups excluding carboxylic acids is 1. The summed E-state index contributed by atoms with van der Waals surface area (Å²) in [5.74, 6) is 0.526. The molecule has 1 fully saturated rings. The molecule has 3 aromatic rings. The summed E-state index contributed by atoms with van der Waals surface area (Å²) in [6.45, 7) is 6.75. The number of fused-ring (bicyclic) bond motifs is 1. The van der Waals surface area contributed by atoms with Gasteiger partial charge in [-0.05, 0) is 20.8 Å². The van der Waals surface area contributed by atoms with Crippen LogP contribution in [0.4, 0.5) is 4.79 Å². The van der Waals surface area contributed by atoms with Crippen molar-refractivity contribution in [2.24, 2.45) is 0 Å². The first kappa shape index (κ1) is 19.2. The number of aromatic nitrogens is 5. The molecule has 154 valence electrons. The first-order valence-corrected chi connectivity index (χ1v) is 9.37. The predicted octanol–water partition coefficient (Wildman–Crippen LogP) is 2.44. The molecular weight excluding hydrogens is 376 g/mol. The second kappa shape index (κ2) is 7.36. The van der Waals surface area contributed by atoms with Gasteiger partial charge in [-0.3, -0.25) is 5.10 Å². The lowest BCUT2D eigenvalue weighted by molar-refractivity contribution is -0.0447. The lowest BCUT2D eigenvalue weighted by Crippen LogP contribution is -2.44. The molecule has 1 N–H and O–H groups in total. The third-order valence-corrected chi connectivity index (χ3v) is 4.53. The molecule has 29 heavy (non-hydrogen) atoms. The third-order valence-electron chi connectivity index (χ3n) is 4.53. The predicted molar refractivity (Wildman–Crippen MR) is 104 cm³/mol. The van der Waals surface area contributed by atoms with Crippen molar-refractivity contribution in [3.8, 4) is 17.0 Å². The fourth-order valence-electron chi connectivity index (χ4n) is 3.19. The summed E-state index contributed by atoms with van der Waals surface area (Å²) in [6.07, 6.45) is 4.44. The van der Waals surface area contributed by atoms with Crippen molar-refractivity contribution in [3.63, 3.8) is 0 Å². The van der Waals surface area contributed by atoms with E-state index in [1.54, 1.807) is 41.2 Å². The Morgan fingerprint density at radius 1 is 1.34 bits per heavy atom. The standard InChI is InChI=1S/C19H24N6O4/c1-19(2,3)29-18(26)24-5-6-28-15(11-24)14-7-16(27-4)25-17(23-14)13(10-22-25)12-8-20-21-9-12/h7-10,15H,5-6,11H2,1-4H3,(H,20,21). The van der Waals surface area contributed by atoms with Crippen LogP contribution in [0, 0.1) is 0 Å². The zero-order valence-corrected chi connectivity index (χ0v) is 16.9. The van der Waals surface area contributed by atoms with E-state index >= 15 is 0 Å². The quantitative estimate of drug-likeness (QED) is 0.719. The summed E-state index contributed by atoms with van der Waals surface area (Å²) in [5, 5.41) is 11.2. The number of ether oxygens (including phenoxy) is 3. The molecule has 0 bridgehead atoms. The molecule has 0 saturated carbocycles. The van der Waals surface area contributed by atoms with E-state index in [0.29, 0.717) is 36.9 Å². The van der Waals surface area contributed by atoms with E-state index in [1.807, 2.05) is 20.8 Å². The zero-order valence-electron chi connectivity index (χ0n) is 16.9. The molecule has 3 aromatic heterocycles. The van der Waals surface area contributed by atoms with E-state index < -0.39 is 11.7 Å². The van der Waals surface area contributed by atoms with Gasteiger partial charge in [0.05, 0.1) is 38.3 Å². The smallest absolute Gasteiger partial charge is 0.410 e. The van der Waals surface area contributed by atoms with Gasteiger partial charge in [-0.1, -0.05) is 0 Å². The highest BCUT2D eigenvalue weighted by atomic mass is 16.6. The Labute approximate surface area is 167 Å². The van der Waals surface area contributed by atoms with Crippen molar-refractivity contribution >= 4 is 11.7 Å². The molecule has 1 aliphatic rings. The second-order valence-electron chi connectivity index (χ2n) is 7.79. The van der Waals surface area contributed by atoms with Gasteiger partial charge in [0, 0.05) is 29.9 Å². The number of aromatic amines is 1. The Balaban J connectivity index is 1.66. The highest BCUT2D eigenvalue weighted by Gasteiger charge is 2.30. The SMILES string of the molecule is COc1cc(C2CN(C(=O)OC(C)(C)C)CCO2)nc2c(-c3cn[nH]c3)cnn12. The molecule has 10 heteroatoms. The number of rotatable bonds is 3. The van der Waals surface area contributed by atoms with Crippen LogP contribution in [0.1, 0.15) is 32.6 Å². The van der Waals surface area contributed by atoms with Crippen LogP contribution in [0.3, 0.4) is 0 Å². The first-order chi connectivity index (χ1) is 13.9. The Morgan fingerprint density at radius 2 is 2.17 bits per heavy atom. The normalized spacial score (nSPS) is 17.5. The van der Waals surface area contributed by atoms with Crippen LogP contribution in [0.5, 0.6) is 5.88 Å². The third kappa shape index (κ3) is 3.88. The largest absolute Gasteiger partial charge is 0.481 e. The molecule has 10 nitrogen and oxygen atoms in total. The van der Waals surface area contributed by atoms with Crippen molar-refractivity contribution in [2.75, 3.05) is 26.8 Å². The number of nitrogens with one attached hydrogen (secondary N) is 1. The number of hydrogen-bond donors (Lipinski definition) is 1. The topological polar surface area (TPSA) is 107 Å². The minimum absolute atomic E-state index is 0.344. The van der Waals surface area contributed by atoms with Crippen molar-refractivity contribution in [3.05, 3.63) is 30.4 Å². The molecule has 0 spiro atoms. The van der Waals surface area contributed by atoms with Crippen LogP contribution >= 0.6 is 0 Å². The molecule has 4 heterocycles. The number of morpholine rings is 1. The van der Waals surface area contributed by atoms with Crippen LogP contribution in [-0.4, -0.2) is 68.2 Å². The van der Waals surface area contributed by atoms with E-state index in [1.165, 1.54) is 0 Å². The Morgan fingerprint density at radius 3 is 2.86 bits per heavy atom. The van der Waals surface area contributed by atoms with Gasteiger partial charge in [-0.15, -0.1) is 0 Å². The summed E-state index contributed by atoms with van der Waals surface area (Å²) in [4.78, 5) is 18.9. The van der Waals surface area contributed by atoms with E-state index in [4.69, 9.17) is 19.2 Å². The van der Waals surface area contributed by atoms with E-state index in [0.717, 1.165) is 11.1 Å². The van der Waals surface area contributed by atoms with Crippen molar-refractivity contribution in [2.45, 2.75) is 32.5 Å². The van der Waals surface area contributed by atoms with Gasteiger partial charge in [0.15, 0.2) is 5.65 Å². The zero-order chi connectivity index (χ0) is 20.6. The molecule has 0 aliphatic carbocycles. The van der Waals surface area contributed by atoms with Crippen molar-refractivity contribution in [1.29, 1.82) is 0 Å². The monoisotopic (exact) mass is 400 g/mol. The number of hydrogen-bond acceptors (Lipinski definition) is 7. The van der Waals surface area contributed by atoms with Gasteiger partial charge < -0.3 is 19.1 Å². The Kier molecular flexibility index (Phi) is 4.87. The molecule has 1 atom stereocenters. The first-order valence-electron chi connectivity index (χ1n) is 9.37. The van der Waals surface area contributed by atoms with Gasteiger partial charge in [0.2, 0.25) is 5.88 Å². The maximum Gasteiger partial charge on any atom is 0.410 e. The molecule has 1 saturated heterocycles. The van der Waals surface area contributed by atoms with Crippen LogP contribution < -0.4 is 4.74 Å². The summed E-state index contributed by atoms with van der Waals surface area (Å²) in [7, 11) is 1.58. The fourth-order valence-corrected chi connectivity index (χ4v) is 3.19. The van der Waals surface area contributed by atoms with Gasteiger partial charge in [-0.2, -0.15) is 14.7 Å². The minimum Gasteiger partial charge on any atom is -0.481 e. The maximum absolute atomic E-state index is 12.5. The number of amides is 1. The Bertz CT molecular complexity index is 1010. The van der Waals surface area contributed by atoms with E-state index in [2.05, 4.69) is 15.3 Å². The molecule has 1 aliphatic heterocycles. The number of carbonyl (C=O) groups is 1. The lowest BCUT2D eigenvalue weighted by atomic mass is 10.1. The van der Waals surface area contributed by atoms with E-state index in [-0.39, 0.29) is 6.09 Å². The number of methoxy groups -OCH3 is 1. The molecule has 1 amide bonds. The van der Waals surface area contributed by atoms with Crippen molar-refractivity contribution in [1.82, 2.24) is 29.7 Å². The molecule has 1 unspecified atom stereocenters. The average molecular weight is 400 g/mol. The van der Waals surface area contributed by atoms with Gasteiger partial charge in [0.1, 0.15) is 11.7 Å². The number of H-pyrrole nitrogens is 1. The van der Waals surface area contributed by atoms with Gasteiger partial charge in [-0.25, -0.2) is 9.78 Å². The fraction of sp³-hybridized carbons (Fsp3) is 0.474. The van der Waals surface area contributed by atoms with Crippen LogP contribution in [0.2, 0.25) is 0 Å². The minimum atomic E-state index is -0.553. The van der Waals surface area contributed by atoms with Gasteiger partial charge >= 0.3 is 6.09 Å². The maximum atomic E-state index is 12.5. The van der Waals surface area contributed by atoms with E-state index in [9.17, 15) is 4.79 Å². The summed E-state index contributed by atoms with van der Waals surface area (Å²) in [6, 6.07) is 1.78. The molecule has 4 rings (SSSR count). The van der Waals surface area contributed by atoms with Crippen LogP contribution in [0.15, 0.2) is 24.7 Å². The summed E-state index contributed by atoms with van der Waals surface area (Å²) in [5.41, 5.74) is 2.42. The van der Waals surface area contributed by atoms with Crippen molar-refractivity contribution < 1.29 is 19.0 Å². The number of nitrogens with zero attached hydrogens (tertiary/aromatic N) is 5. The lowest BCUT2D eigenvalue weighted by Gasteiger charge is -2.34. The molecular formula is C19H24N6O4. The van der Waals surface area contributed by atoms with Crippen LogP contribution in [0.25, 0.3) is 16.8 Å². The average Bonchev–Trinajstić information content (AvgIpc) is 3.35. The Hall–Kier alpha value is -3.14. The highest BCUT2D eigenvalue weighted by molar-refractivity contribution is 5.76. The second-order valence-corrected chi connectivity index (χ2v) is 7.79. The van der Waals surface area contributed by atoms with Gasteiger partial charge in [0.25, 0.3) is 0 Å². The molecule has 0 radical (unpaired) electrons. The summed E-state index contributed by atoms with van der Waals surface area (Å²) >= 11 is 0. The highest BCUT2D eigenvalue weighted by Crippen LogP contribution is 2.30.